The average molecular weight is 267 g/mol. The Morgan fingerprint density at radius 1 is 1.33 bits per heavy atom. The van der Waals surface area contributed by atoms with E-state index in [0.29, 0.717) is 0 Å². The fourth-order valence-electron chi connectivity index (χ4n) is 2.75. The second-order valence-electron chi connectivity index (χ2n) is 4.72. The molecule has 1 heteroatoms. The van der Waals surface area contributed by atoms with Crippen LogP contribution in [0, 0.1) is 12.8 Å². The van der Waals surface area contributed by atoms with Crippen molar-refractivity contribution >= 4 is 15.9 Å². The Morgan fingerprint density at radius 2 is 2.07 bits per heavy atom. The van der Waals surface area contributed by atoms with Gasteiger partial charge in [-0.25, -0.2) is 0 Å². The van der Waals surface area contributed by atoms with E-state index in [1.165, 1.54) is 36.8 Å². The summed E-state index contributed by atoms with van der Waals surface area (Å²) in [5, 5.41) is 1.11. The van der Waals surface area contributed by atoms with Crippen LogP contribution in [0.1, 0.15) is 42.7 Å². The molecule has 1 atom stereocenters. The number of halogens is 1. The quantitative estimate of drug-likeness (QED) is 0.698. The summed E-state index contributed by atoms with van der Waals surface area (Å²) < 4.78 is 0. The van der Waals surface area contributed by atoms with Gasteiger partial charge in [0, 0.05) is 5.33 Å². The van der Waals surface area contributed by atoms with Crippen LogP contribution in [-0.2, 0) is 0 Å². The van der Waals surface area contributed by atoms with Gasteiger partial charge in [-0.1, -0.05) is 58.6 Å². The molecule has 0 heterocycles. The first-order chi connectivity index (χ1) is 7.31. The maximum absolute atomic E-state index is 3.69. The number of hydrogen-bond donors (Lipinski definition) is 0. The number of aryl methyl sites for hydroxylation is 1. The second-order valence-corrected chi connectivity index (χ2v) is 5.37. The minimum Gasteiger partial charge on any atom is -0.0921 e. The molecule has 1 saturated carbocycles. The van der Waals surface area contributed by atoms with E-state index in [-0.39, 0.29) is 0 Å². The molecule has 0 nitrogen and oxygen atoms in total. The van der Waals surface area contributed by atoms with Gasteiger partial charge < -0.3 is 0 Å². The van der Waals surface area contributed by atoms with Gasteiger partial charge in [0.25, 0.3) is 0 Å². The highest BCUT2D eigenvalue weighted by Gasteiger charge is 2.25. The summed E-state index contributed by atoms with van der Waals surface area (Å²) in [6, 6.07) is 9.01. The summed E-state index contributed by atoms with van der Waals surface area (Å²) in [5.74, 6) is 1.64. The van der Waals surface area contributed by atoms with Crippen LogP contribution in [0.2, 0.25) is 0 Å². The van der Waals surface area contributed by atoms with E-state index in [1.54, 1.807) is 0 Å². The lowest BCUT2D eigenvalue weighted by Crippen LogP contribution is -2.11. The van der Waals surface area contributed by atoms with Crippen molar-refractivity contribution in [1.29, 1.82) is 0 Å². The second kappa shape index (κ2) is 5.16. The van der Waals surface area contributed by atoms with Crippen molar-refractivity contribution in [2.45, 2.75) is 38.5 Å². The summed E-state index contributed by atoms with van der Waals surface area (Å²) >= 11 is 3.69. The summed E-state index contributed by atoms with van der Waals surface area (Å²) in [4.78, 5) is 0. The first-order valence-electron chi connectivity index (χ1n) is 5.94. The first-order valence-corrected chi connectivity index (χ1v) is 7.06. The van der Waals surface area contributed by atoms with Crippen LogP contribution in [0.5, 0.6) is 0 Å². The monoisotopic (exact) mass is 266 g/mol. The molecule has 0 aliphatic heterocycles. The summed E-state index contributed by atoms with van der Waals surface area (Å²) in [7, 11) is 0. The molecule has 1 aromatic carbocycles. The van der Waals surface area contributed by atoms with Crippen molar-refractivity contribution in [3.05, 3.63) is 35.4 Å². The van der Waals surface area contributed by atoms with Crippen molar-refractivity contribution < 1.29 is 0 Å². The fraction of sp³-hybridized carbons (Fsp3) is 0.571. The summed E-state index contributed by atoms with van der Waals surface area (Å²) in [6.45, 7) is 2.18. The van der Waals surface area contributed by atoms with Crippen LogP contribution in [0.15, 0.2) is 24.3 Å². The molecule has 1 fully saturated rings. The molecule has 0 saturated heterocycles. The van der Waals surface area contributed by atoms with E-state index < -0.39 is 0 Å². The zero-order valence-corrected chi connectivity index (χ0v) is 11.0. The van der Waals surface area contributed by atoms with Crippen LogP contribution in [0.25, 0.3) is 0 Å². The number of benzene rings is 1. The molecule has 0 N–H and O–H groups in total. The van der Waals surface area contributed by atoms with Gasteiger partial charge in [0.2, 0.25) is 0 Å². The van der Waals surface area contributed by atoms with E-state index in [9.17, 15) is 0 Å². The third kappa shape index (κ3) is 2.63. The largest absolute Gasteiger partial charge is 0.0921 e. The first kappa shape index (κ1) is 11.2. The Morgan fingerprint density at radius 3 is 2.67 bits per heavy atom. The Bertz CT molecular complexity index is 313. The zero-order chi connectivity index (χ0) is 10.7. The van der Waals surface area contributed by atoms with Crippen LogP contribution in [0.4, 0.5) is 0 Å². The molecule has 2 rings (SSSR count). The fourth-order valence-corrected chi connectivity index (χ4v) is 3.65. The third-order valence-electron chi connectivity index (χ3n) is 3.61. The van der Waals surface area contributed by atoms with Crippen molar-refractivity contribution in [3.63, 3.8) is 0 Å². The molecule has 1 aliphatic carbocycles. The maximum atomic E-state index is 3.69. The lowest BCUT2D eigenvalue weighted by atomic mass is 9.86. The van der Waals surface area contributed by atoms with Gasteiger partial charge in [-0.05, 0) is 37.2 Å². The number of alkyl halides is 1. The maximum Gasteiger partial charge on any atom is 0.0103 e. The molecule has 0 aromatic heterocycles. The highest BCUT2D eigenvalue weighted by atomic mass is 79.9. The standard InChI is InChI=1S/C14H19Br/c1-11-5-4-8-13(9-11)14(10-15)12-6-2-3-7-12/h4-5,8-9,12,14H,2-3,6-7,10H2,1H3. The highest BCUT2D eigenvalue weighted by Crippen LogP contribution is 2.38. The van der Waals surface area contributed by atoms with Gasteiger partial charge in [0.1, 0.15) is 0 Å². The van der Waals surface area contributed by atoms with Gasteiger partial charge in [0.15, 0.2) is 0 Å². The lowest BCUT2D eigenvalue weighted by molar-refractivity contribution is 0.468. The van der Waals surface area contributed by atoms with Gasteiger partial charge in [-0.3, -0.25) is 0 Å². The lowest BCUT2D eigenvalue weighted by Gasteiger charge is -2.22. The number of rotatable bonds is 3. The molecule has 0 radical (unpaired) electrons. The van der Waals surface area contributed by atoms with Crippen LogP contribution in [0.3, 0.4) is 0 Å². The Balaban J connectivity index is 2.18. The molecule has 15 heavy (non-hydrogen) atoms. The Hall–Kier alpha value is -0.300. The topological polar surface area (TPSA) is 0 Å². The molecule has 0 spiro atoms. The summed E-state index contributed by atoms with van der Waals surface area (Å²) in [6.07, 6.45) is 5.70. The minimum absolute atomic E-state index is 0.729. The summed E-state index contributed by atoms with van der Waals surface area (Å²) in [5.41, 5.74) is 2.91. The van der Waals surface area contributed by atoms with Crippen LogP contribution < -0.4 is 0 Å². The normalized spacial score (nSPS) is 19.3. The van der Waals surface area contributed by atoms with Gasteiger partial charge in [-0.15, -0.1) is 0 Å². The Kier molecular flexibility index (Phi) is 3.85. The molecule has 1 aromatic rings. The van der Waals surface area contributed by atoms with E-state index in [2.05, 4.69) is 47.1 Å². The molecule has 82 valence electrons. The van der Waals surface area contributed by atoms with E-state index >= 15 is 0 Å². The molecular weight excluding hydrogens is 248 g/mol. The predicted molar refractivity (Wildman–Crippen MR) is 69.7 cm³/mol. The smallest absolute Gasteiger partial charge is 0.0103 e. The molecule has 1 aliphatic rings. The van der Waals surface area contributed by atoms with Gasteiger partial charge in [-0.2, -0.15) is 0 Å². The van der Waals surface area contributed by atoms with Crippen LogP contribution in [-0.4, -0.2) is 5.33 Å². The van der Waals surface area contributed by atoms with E-state index in [1.807, 2.05) is 0 Å². The van der Waals surface area contributed by atoms with E-state index in [0.717, 1.165) is 17.2 Å². The zero-order valence-electron chi connectivity index (χ0n) is 9.38. The predicted octanol–water partition coefficient (Wildman–Crippen LogP) is 4.66. The van der Waals surface area contributed by atoms with Crippen molar-refractivity contribution in [2.24, 2.45) is 5.92 Å². The molecule has 0 bridgehead atoms. The highest BCUT2D eigenvalue weighted by molar-refractivity contribution is 9.09. The Labute approximate surface area is 101 Å². The van der Waals surface area contributed by atoms with Crippen molar-refractivity contribution in [2.75, 3.05) is 5.33 Å². The molecular formula is C14H19Br. The van der Waals surface area contributed by atoms with Crippen LogP contribution >= 0.6 is 15.9 Å². The average Bonchev–Trinajstić information content (AvgIpc) is 2.72. The van der Waals surface area contributed by atoms with E-state index in [4.69, 9.17) is 0 Å². The van der Waals surface area contributed by atoms with Crippen molar-refractivity contribution in [3.8, 4) is 0 Å². The third-order valence-corrected chi connectivity index (χ3v) is 4.30. The van der Waals surface area contributed by atoms with Gasteiger partial charge >= 0.3 is 0 Å². The van der Waals surface area contributed by atoms with Gasteiger partial charge in [0.05, 0.1) is 0 Å². The van der Waals surface area contributed by atoms with Crippen molar-refractivity contribution in [1.82, 2.24) is 0 Å². The SMILES string of the molecule is Cc1cccc(C(CBr)C2CCCC2)c1. The minimum atomic E-state index is 0.729. The molecule has 1 unspecified atom stereocenters. The molecule has 0 amide bonds. The number of hydrogen-bond acceptors (Lipinski definition) is 0.